The van der Waals surface area contributed by atoms with E-state index in [-0.39, 0.29) is 5.69 Å². The van der Waals surface area contributed by atoms with Gasteiger partial charge in [-0.3, -0.25) is 10.1 Å². The normalized spacial score (nSPS) is 12.4. The number of methoxy groups -OCH3 is 1. The fourth-order valence-corrected chi connectivity index (χ4v) is 2.02. The Hall–Kier alpha value is -1.66. The zero-order valence-corrected chi connectivity index (χ0v) is 12.1. The molecule has 6 heteroatoms. The van der Waals surface area contributed by atoms with Crippen molar-refractivity contribution in [3.05, 3.63) is 33.9 Å². The molecular weight excluding hydrogens is 260 g/mol. The lowest BCUT2D eigenvalue weighted by atomic mass is 10.1. The standard InChI is InChI=1S/C14H22N2O4/c1-10(2)6-13(17)9-15-8-11-7-12(16(18)19)4-5-14(11)20-3/h4-5,7,10,13,15,17H,6,8-9H2,1-3H3. The van der Waals surface area contributed by atoms with Crippen LogP contribution in [-0.4, -0.2) is 29.8 Å². The topological polar surface area (TPSA) is 84.6 Å². The van der Waals surface area contributed by atoms with Crippen molar-refractivity contribution in [2.75, 3.05) is 13.7 Å². The molecule has 0 aliphatic heterocycles. The first-order chi connectivity index (χ1) is 9.43. The van der Waals surface area contributed by atoms with E-state index < -0.39 is 11.0 Å². The van der Waals surface area contributed by atoms with Gasteiger partial charge in [0.2, 0.25) is 0 Å². The number of aliphatic hydroxyl groups is 1. The SMILES string of the molecule is COc1ccc([N+](=O)[O-])cc1CNCC(O)CC(C)C. The van der Waals surface area contributed by atoms with E-state index in [1.165, 1.54) is 19.2 Å². The number of hydrogen-bond acceptors (Lipinski definition) is 5. The summed E-state index contributed by atoms with van der Waals surface area (Å²) in [5.74, 6) is 1.03. The van der Waals surface area contributed by atoms with Crippen molar-refractivity contribution in [1.82, 2.24) is 5.32 Å². The number of nitro benzene ring substituents is 1. The van der Waals surface area contributed by atoms with Crippen LogP contribution in [0.5, 0.6) is 5.75 Å². The summed E-state index contributed by atoms with van der Waals surface area (Å²) in [5, 5.41) is 23.6. The zero-order chi connectivity index (χ0) is 15.1. The van der Waals surface area contributed by atoms with Gasteiger partial charge in [0.05, 0.1) is 18.1 Å². The molecule has 0 heterocycles. The second kappa shape index (κ2) is 7.81. The van der Waals surface area contributed by atoms with Gasteiger partial charge in [-0.1, -0.05) is 13.8 Å². The van der Waals surface area contributed by atoms with Crippen molar-refractivity contribution in [1.29, 1.82) is 0 Å². The van der Waals surface area contributed by atoms with E-state index in [0.717, 1.165) is 6.42 Å². The van der Waals surface area contributed by atoms with Crippen molar-refractivity contribution in [3.63, 3.8) is 0 Å². The largest absolute Gasteiger partial charge is 0.496 e. The molecule has 1 atom stereocenters. The fourth-order valence-electron chi connectivity index (χ4n) is 2.02. The summed E-state index contributed by atoms with van der Waals surface area (Å²) in [6.07, 6.45) is 0.304. The first-order valence-corrected chi connectivity index (χ1v) is 6.64. The van der Waals surface area contributed by atoms with Crippen molar-refractivity contribution in [2.45, 2.75) is 32.9 Å². The smallest absolute Gasteiger partial charge is 0.270 e. The number of benzene rings is 1. The van der Waals surface area contributed by atoms with Crippen LogP contribution in [-0.2, 0) is 6.54 Å². The molecule has 1 aromatic carbocycles. The molecule has 0 aliphatic carbocycles. The molecule has 0 aliphatic rings. The number of hydrogen-bond donors (Lipinski definition) is 2. The summed E-state index contributed by atoms with van der Waals surface area (Å²) >= 11 is 0. The minimum atomic E-state index is -0.434. The van der Waals surface area contributed by atoms with E-state index in [4.69, 9.17) is 4.74 Å². The Kier molecular flexibility index (Phi) is 6.41. The summed E-state index contributed by atoms with van der Waals surface area (Å²) in [6.45, 7) is 4.96. The van der Waals surface area contributed by atoms with E-state index in [1.54, 1.807) is 6.07 Å². The van der Waals surface area contributed by atoms with E-state index >= 15 is 0 Å². The van der Waals surface area contributed by atoms with Gasteiger partial charge in [0, 0.05) is 30.8 Å². The van der Waals surface area contributed by atoms with Crippen molar-refractivity contribution in [2.24, 2.45) is 5.92 Å². The number of non-ortho nitro benzene ring substituents is 1. The molecule has 0 amide bonds. The second-order valence-electron chi connectivity index (χ2n) is 5.17. The van der Waals surface area contributed by atoms with E-state index in [0.29, 0.717) is 30.3 Å². The van der Waals surface area contributed by atoms with Gasteiger partial charge in [-0.25, -0.2) is 0 Å². The summed E-state index contributed by atoms with van der Waals surface area (Å²) < 4.78 is 5.18. The Balaban J connectivity index is 2.61. The average molecular weight is 282 g/mol. The predicted molar refractivity (Wildman–Crippen MR) is 76.8 cm³/mol. The van der Waals surface area contributed by atoms with E-state index in [2.05, 4.69) is 5.32 Å². The Labute approximate surface area is 118 Å². The molecule has 20 heavy (non-hydrogen) atoms. The Morgan fingerprint density at radius 3 is 2.70 bits per heavy atom. The van der Waals surface area contributed by atoms with Gasteiger partial charge < -0.3 is 15.2 Å². The Bertz CT molecular complexity index is 449. The molecule has 0 bridgehead atoms. The zero-order valence-electron chi connectivity index (χ0n) is 12.1. The van der Waals surface area contributed by atoms with Gasteiger partial charge in [0.1, 0.15) is 5.75 Å². The minimum absolute atomic E-state index is 0.0327. The molecule has 1 aromatic rings. The fraction of sp³-hybridized carbons (Fsp3) is 0.571. The van der Waals surface area contributed by atoms with Crippen molar-refractivity contribution in [3.8, 4) is 5.75 Å². The molecule has 2 N–H and O–H groups in total. The molecule has 0 saturated carbocycles. The lowest BCUT2D eigenvalue weighted by molar-refractivity contribution is -0.384. The van der Waals surface area contributed by atoms with Crippen LogP contribution in [0.3, 0.4) is 0 Å². The van der Waals surface area contributed by atoms with Gasteiger partial charge in [-0.2, -0.15) is 0 Å². The molecule has 0 aromatic heterocycles. The molecule has 0 spiro atoms. The molecule has 0 fully saturated rings. The second-order valence-corrected chi connectivity index (χ2v) is 5.17. The van der Waals surface area contributed by atoms with E-state index in [1.807, 2.05) is 13.8 Å². The molecule has 0 radical (unpaired) electrons. The third kappa shape index (κ3) is 5.14. The summed E-state index contributed by atoms with van der Waals surface area (Å²) in [7, 11) is 1.53. The lowest BCUT2D eigenvalue weighted by Crippen LogP contribution is -2.27. The van der Waals surface area contributed by atoms with Crippen LogP contribution in [0.15, 0.2) is 18.2 Å². The number of nitro groups is 1. The first kappa shape index (κ1) is 16.4. The molecule has 0 saturated heterocycles. The van der Waals surface area contributed by atoms with Crippen LogP contribution >= 0.6 is 0 Å². The monoisotopic (exact) mass is 282 g/mol. The van der Waals surface area contributed by atoms with Crippen LogP contribution < -0.4 is 10.1 Å². The maximum Gasteiger partial charge on any atom is 0.270 e. The van der Waals surface area contributed by atoms with E-state index in [9.17, 15) is 15.2 Å². The molecule has 6 nitrogen and oxygen atoms in total. The average Bonchev–Trinajstić information content (AvgIpc) is 2.37. The van der Waals surface area contributed by atoms with Gasteiger partial charge in [0.25, 0.3) is 5.69 Å². The number of nitrogens with zero attached hydrogens (tertiary/aromatic N) is 1. The summed E-state index contributed by atoms with van der Waals surface area (Å²) in [5.41, 5.74) is 0.740. The highest BCUT2D eigenvalue weighted by molar-refractivity contribution is 5.43. The predicted octanol–water partition coefficient (Wildman–Crippen LogP) is 2.10. The summed E-state index contributed by atoms with van der Waals surface area (Å²) in [4.78, 5) is 10.3. The van der Waals surface area contributed by atoms with Crippen LogP contribution in [0.2, 0.25) is 0 Å². The number of ether oxygens (including phenoxy) is 1. The Morgan fingerprint density at radius 1 is 1.45 bits per heavy atom. The highest BCUT2D eigenvalue weighted by atomic mass is 16.6. The molecule has 1 unspecified atom stereocenters. The number of nitrogens with one attached hydrogen (secondary N) is 1. The van der Waals surface area contributed by atoms with Crippen LogP contribution in [0.1, 0.15) is 25.8 Å². The maximum absolute atomic E-state index is 10.8. The quantitative estimate of drug-likeness (QED) is 0.563. The van der Waals surface area contributed by atoms with Gasteiger partial charge in [-0.05, 0) is 18.4 Å². The third-order valence-corrected chi connectivity index (χ3v) is 2.91. The highest BCUT2D eigenvalue weighted by Crippen LogP contribution is 2.23. The van der Waals surface area contributed by atoms with Crippen molar-refractivity contribution >= 4 is 5.69 Å². The highest BCUT2D eigenvalue weighted by Gasteiger charge is 2.12. The number of aliphatic hydroxyl groups excluding tert-OH is 1. The molecule has 1 rings (SSSR count). The van der Waals surface area contributed by atoms with Gasteiger partial charge in [-0.15, -0.1) is 0 Å². The van der Waals surface area contributed by atoms with Crippen LogP contribution in [0.25, 0.3) is 0 Å². The minimum Gasteiger partial charge on any atom is -0.496 e. The van der Waals surface area contributed by atoms with Crippen LogP contribution in [0, 0.1) is 16.0 Å². The lowest BCUT2D eigenvalue weighted by Gasteiger charge is -2.14. The third-order valence-electron chi connectivity index (χ3n) is 2.91. The number of rotatable bonds is 8. The first-order valence-electron chi connectivity index (χ1n) is 6.64. The maximum atomic E-state index is 10.8. The molecule has 112 valence electrons. The van der Waals surface area contributed by atoms with Crippen LogP contribution in [0.4, 0.5) is 5.69 Å². The Morgan fingerprint density at radius 2 is 2.15 bits per heavy atom. The van der Waals surface area contributed by atoms with Gasteiger partial charge in [0.15, 0.2) is 0 Å². The molecular formula is C14H22N2O4. The van der Waals surface area contributed by atoms with Crippen molar-refractivity contribution < 1.29 is 14.8 Å². The summed E-state index contributed by atoms with van der Waals surface area (Å²) in [6, 6.07) is 4.48. The van der Waals surface area contributed by atoms with Gasteiger partial charge >= 0.3 is 0 Å².